The number of rotatable bonds is 5. The molecule has 1 saturated heterocycles. The number of carbonyl (C=O) groups excluding carboxylic acids is 1. The monoisotopic (exact) mass is 317 g/mol. The predicted molar refractivity (Wildman–Crippen MR) is 85.4 cm³/mol. The van der Waals surface area contributed by atoms with Crippen molar-refractivity contribution < 1.29 is 9.53 Å². The van der Waals surface area contributed by atoms with E-state index >= 15 is 0 Å². The Bertz CT molecular complexity index is 818. The Labute approximate surface area is 132 Å². The Morgan fingerprint density at radius 2 is 2.17 bits per heavy atom. The molecule has 1 aliphatic rings. The highest BCUT2D eigenvalue weighted by Crippen LogP contribution is 2.10. The second-order valence-electron chi connectivity index (χ2n) is 5.62. The molecule has 1 amide bonds. The van der Waals surface area contributed by atoms with Crippen LogP contribution in [0.4, 0.5) is 0 Å². The van der Waals surface area contributed by atoms with Crippen LogP contribution in [0.1, 0.15) is 19.3 Å². The number of hydrogen-bond donors (Lipinski definition) is 2. The lowest BCUT2D eigenvalue weighted by atomic mass is 10.2. The maximum Gasteiger partial charge on any atom is 0.328 e. The van der Waals surface area contributed by atoms with Gasteiger partial charge in [0.05, 0.1) is 17.0 Å². The van der Waals surface area contributed by atoms with Gasteiger partial charge in [-0.05, 0) is 25.0 Å². The summed E-state index contributed by atoms with van der Waals surface area (Å²) in [4.78, 5) is 38.0. The zero-order valence-electron chi connectivity index (χ0n) is 12.7. The van der Waals surface area contributed by atoms with Crippen LogP contribution in [-0.4, -0.2) is 34.7 Å². The van der Waals surface area contributed by atoms with Crippen molar-refractivity contribution in [2.75, 3.05) is 13.2 Å². The fourth-order valence-electron chi connectivity index (χ4n) is 2.80. The molecule has 0 saturated carbocycles. The first kappa shape index (κ1) is 15.5. The SMILES string of the molecule is O=C(CCn1c(=O)[nH]c(=O)c2ccccc21)NCC1CCCO1. The number of H-pyrrole nitrogens is 1. The van der Waals surface area contributed by atoms with Gasteiger partial charge >= 0.3 is 5.69 Å². The molecule has 1 aromatic heterocycles. The molecule has 7 heteroatoms. The Morgan fingerprint density at radius 3 is 2.96 bits per heavy atom. The number of fused-ring (bicyclic) bond motifs is 1. The molecule has 1 unspecified atom stereocenters. The van der Waals surface area contributed by atoms with Crippen molar-refractivity contribution >= 4 is 16.8 Å². The van der Waals surface area contributed by atoms with E-state index in [4.69, 9.17) is 4.74 Å². The van der Waals surface area contributed by atoms with Gasteiger partial charge in [-0.15, -0.1) is 0 Å². The molecule has 1 fully saturated rings. The minimum Gasteiger partial charge on any atom is -0.376 e. The molecule has 0 aliphatic carbocycles. The number of amides is 1. The second kappa shape index (κ2) is 6.78. The third kappa shape index (κ3) is 3.50. The second-order valence-corrected chi connectivity index (χ2v) is 5.62. The summed E-state index contributed by atoms with van der Waals surface area (Å²) in [6, 6.07) is 6.85. The lowest BCUT2D eigenvalue weighted by molar-refractivity contribution is -0.121. The van der Waals surface area contributed by atoms with E-state index in [0.29, 0.717) is 17.4 Å². The minimum atomic E-state index is -0.499. The smallest absolute Gasteiger partial charge is 0.328 e. The number of carbonyl (C=O) groups is 1. The summed E-state index contributed by atoms with van der Waals surface area (Å²) >= 11 is 0. The molecule has 0 radical (unpaired) electrons. The molecule has 0 bridgehead atoms. The van der Waals surface area contributed by atoms with E-state index in [1.807, 2.05) is 0 Å². The van der Waals surface area contributed by atoms with E-state index in [1.165, 1.54) is 4.57 Å². The third-order valence-corrected chi connectivity index (χ3v) is 4.02. The predicted octanol–water partition coefficient (Wildman–Crippen LogP) is 0.375. The highest BCUT2D eigenvalue weighted by molar-refractivity contribution is 5.78. The van der Waals surface area contributed by atoms with Gasteiger partial charge in [0.2, 0.25) is 5.91 Å². The fourth-order valence-corrected chi connectivity index (χ4v) is 2.80. The van der Waals surface area contributed by atoms with Crippen molar-refractivity contribution in [2.24, 2.45) is 0 Å². The molecule has 0 spiro atoms. The number of hydrogen-bond acceptors (Lipinski definition) is 4. The number of para-hydroxylation sites is 1. The summed E-state index contributed by atoms with van der Waals surface area (Å²) in [7, 11) is 0. The summed E-state index contributed by atoms with van der Waals surface area (Å²) in [5.41, 5.74) is -0.376. The summed E-state index contributed by atoms with van der Waals surface area (Å²) in [5.74, 6) is -0.136. The molecule has 1 aliphatic heterocycles. The summed E-state index contributed by atoms with van der Waals surface area (Å²) in [6.07, 6.45) is 2.25. The van der Waals surface area contributed by atoms with Crippen molar-refractivity contribution in [2.45, 2.75) is 31.9 Å². The lowest BCUT2D eigenvalue weighted by Crippen LogP contribution is -2.34. The Kier molecular flexibility index (Phi) is 4.57. The maximum absolute atomic E-state index is 12.0. The Morgan fingerprint density at radius 1 is 1.35 bits per heavy atom. The largest absolute Gasteiger partial charge is 0.376 e. The number of aryl methyl sites for hydroxylation is 1. The normalized spacial score (nSPS) is 17.5. The topological polar surface area (TPSA) is 93.2 Å². The van der Waals surface area contributed by atoms with Crippen LogP contribution in [0.25, 0.3) is 10.9 Å². The summed E-state index contributed by atoms with van der Waals surface area (Å²) in [5, 5.41) is 3.26. The third-order valence-electron chi connectivity index (χ3n) is 4.02. The highest BCUT2D eigenvalue weighted by atomic mass is 16.5. The Balaban J connectivity index is 1.68. The molecular weight excluding hydrogens is 298 g/mol. The van der Waals surface area contributed by atoms with E-state index in [0.717, 1.165) is 19.4 Å². The number of nitrogens with one attached hydrogen (secondary N) is 2. The van der Waals surface area contributed by atoms with E-state index < -0.39 is 11.2 Å². The minimum absolute atomic E-state index is 0.0931. The molecule has 23 heavy (non-hydrogen) atoms. The van der Waals surface area contributed by atoms with Crippen LogP contribution in [-0.2, 0) is 16.1 Å². The number of nitrogens with zero attached hydrogens (tertiary/aromatic N) is 1. The van der Waals surface area contributed by atoms with Gasteiger partial charge in [-0.25, -0.2) is 4.79 Å². The van der Waals surface area contributed by atoms with Crippen molar-refractivity contribution in [3.63, 3.8) is 0 Å². The molecule has 7 nitrogen and oxygen atoms in total. The first-order chi connectivity index (χ1) is 11.1. The van der Waals surface area contributed by atoms with E-state index in [2.05, 4.69) is 10.3 Å². The fraction of sp³-hybridized carbons (Fsp3) is 0.438. The molecule has 2 heterocycles. The van der Waals surface area contributed by atoms with Crippen molar-refractivity contribution in [1.82, 2.24) is 14.9 Å². The average molecular weight is 317 g/mol. The van der Waals surface area contributed by atoms with Crippen molar-refractivity contribution in [1.29, 1.82) is 0 Å². The van der Waals surface area contributed by atoms with Gasteiger partial charge in [0, 0.05) is 26.1 Å². The van der Waals surface area contributed by atoms with E-state index in [1.54, 1.807) is 24.3 Å². The standard InChI is InChI=1S/C16H19N3O4/c20-14(17-10-11-4-3-9-23-11)7-8-19-13-6-2-1-5-12(13)15(21)18-16(19)22/h1-2,5-6,11H,3-4,7-10H2,(H,17,20)(H,18,21,22). The van der Waals surface area contributed by atoms with Gasteiger partial charge in [-0.3, -0.25) is 19.1 Å². The number of benzene rings is 1. The first-order valence-corrected chi connectivity index (χ1v) is 7.75. The average Bonchev–Trinajstić information content (AvgIpc) is 3.06. The molecule has 2 aromatic rings. The van der Waals surface area contributed by atoms with Crippen LogP contribution in [0.2, 0.25) is 0 Å². The molecule has 3 rings (SSSR count). The van der Waals surface area contributed by atoms with E-state index in [9.17, 15) is 14.4 Å². The molecule has 122 valence electrons. The van der Waals surface area contributed by atoms with Crippen LogP contribution in [0.3, 0.4) is 0 Å². The van der Waals surface area contributed by atoms with Gasteiger partial charge < -0.3 is 10.1 Å². The van der Waals surface area contributed by atoms with Crippen LogP contribution >= 0.6 is 0 Å². The van der Waals surface area contributed by atoms with E-state index in [-0.39, 0.29) is 25.0 Å². The van der Waals surface area contributed by atoms with Crippen LogP contribution in [0.5, 0.6) is 0 Å². The Hall–Kier alpha value is -2.41. The number of aromatic amines is 1. The van der Waals surface area contributed by atoms with Gasteiger partial charge in [-0.2, -0.15) is 0 Å². The zero-order valence-corrected chi connectivity index (χ0v) is 12.7. The van der Waals surface area contributed by atoms with Crippen molar-refractivity contribution in [3.8, 4) is 0 Å². The van der Waals surface area contributed by atoms with Crippen LogP contribution in [0, 0.1) is 0 Å². The summed E-state index contributed by atoms with van der Waals surface area (Å²) in [6.45, 7) is 1.47. The summed E-state index contributed by atoms with van der Waals surface area (Å²) < 4.78 is 6.87. The molecule has 1 aromatic carbocycles. The van der Waals surface area contributed by atoms with Crippen LogP contribution < -0.4 is 16.6 Å². The van der Waals surface area contributed by atoms with Gasteiger partial charge in [0.15, 0.2) is 0 Å². The van der Waals surface area contributed by atoms with Gasteiger partial charge in [0.1, 0.15) is 0 Å². The molecule has 2 N–H and O–H groups in total. The zero-order chi connectivity index (χ0) is 16.2. The van der Waals surface area contributed by atoms with Crippen LogP contribution in [0.15, 0.2) is 33.9 Å². The van der Waals surface area contributed by atoms with Crippen molar-refractivity contribution in [3.05, 3.63) is 45.1 Å². The highest BCUT2D eigenvalue weighted by Gasteiger charge is 2.16. The number of aromatic nitrogens is 2. The molecular formula is C16H19N3O4. The van der Waals surface area contributed by atoms with Gasteiger partial charge in [-0.1, -0.05) is 12.1 Å². The quantitative estimate of drug-likeness (QED) is 0.833. The number of ether oxygens (including phenoxy) is 1. The first-order valence-electron chi connectivity index (χ1n) is 7.75. The maximum atomic E-state index is 12.0. The molecule has 1 atom stereocenters. The van der Waals surface area contributed by atoms with Gasteiger partial charge in [0.25, 0.3) is 5.56 Å². The lowest BCUT2D eigenvalue weighted by Gasteiger charge is -2.12.